The maximum atomic E-state index is 5.98. The molecule has 2 N–H and O–H groups in total. The van der Waals surface area contributed by atoms with Crippen molar-refractivity contribution in [3.8, 4) is 5.75 Å². The zero-order chi connectivity index (χ0) is 10.7. The van der Waals surface area contributed by atoms with Gasteiger partial charge >= 0.3 is 0 Å². The van der Waals surface area contributed by atoms with E-state index in [9.17, 15) is 0 Å². The first-order valence-electron chi connectivity index (χ1n) is 4.63. The van der Waals surface area contributed by atoms with Crippen LogP contribution in [0.15, 0.2) is 18.2 Å². The summed E-state index contributed by atoms with van der Waals surface area (Å²) in [6.45, 7) is 2.02. The molecule has 0 aliphatic heterocycles. The third-order valence-corrected chi connectivity index (χ3v) is 2.32. The Kier molecular flexibility index (Phi) is 3.49. The molecule has 1 aromatic carbocycles. The van der Waals surface area contributed by atoms with Gasteiger partial charge in [0, 0.05) is 0 Å². The number of nitrogens with two attached hydrogens (primary N) is 1. The lowest BCUT2D eigenvalue weighted by molar-refractivity contribution is 0.307. The normalized spacial score (nSPS) is 13.0. The molecule has 1 unspecified atom stereocenters. The lowest BCUT2D eigenvalue weighted by Crippen LogP contribution is -2.27. The molecule has 78 valence electrons. The van der Waals surface area contributed by atoms with Crippen molar-refractivity contribution in [1.29, 1.82) is 0 Å². The summed E-state index contributed by atoms with van der Waals surface area (Å²) in [5, 5.41) is 0. The fraction of sp³-hybridized carbons (Fsp3) is 0.455. The monoisotopic (exact) mass is 194 g/mol. The van der Waals surface area contributed by atoms with Crippen molar-refractivity contribution < 1.29 is 4.74 Å². The average molecular weight is 194 g/mol. The van der Waals surface area contributed by atoms with E-state index in [1.54, 1.807) is 7.11 Å². The van der Waals surface area contributed by atoms with Crippen LogP contribution in [0.3, 0.4) is 0 Å². The highest BCUT2D eigenvalue weighted by Gasteiger charge is 2.09. The number of rotatable bonds is 3. The molecule has 0 aliphatic rings. The third kappa shape index (κ3) is 2.25. The molecule has 1 atom stereocenters. The van der Waals surface area contributed by atoms with Gasteiger partial charge in [0.1, 0.15) is 5.75 Å². The zero-order valence-electron chi connectivity index (χ0n) is 9.24. The standard InChI is InChI=1S/C11H18N2O/c1-8-7-9(11(12)13(2)3)5-6-10(8)14-4/h5-7,11H,12H2,1-4H3. The quantitative estimate of drug-likeness (QED) is 0.741. The Morgan fingerprint density at radius 3 is 2.43 bits per heavy atom. The molecular weight excluding hydrogens is 176 g/mol. The summed E-state index contributed by atoms with van der Waals surface area (Å²) in [6, 6.07) is 6.01. The summed E-state index contributed by atoms with van der Waals surface area (Å²) in [5.41, 5.74) is 8.20. The second kappa shape index (κ2) is 4.44. The minimum absolute atomic E-state index is 0.0559. The number of benzene rings is 1. The van der Waals surface area contributed by atoms with E-state index < -0.39 is 0 Å². The van der Waals surface area contributed by atoms with Gasteiger partial charge in [-0.2, -0.15) is 0 Å². The van der Waals surface area contributed by atoms with Crippen molar-refractivity contribution in [2.45, 2.75) is 13.1 Å². The van der Waals surface area contributed by atoms with Crippen molar-refractivity contribution in [1.82, 2.24) is 4.90 Å². The van der Waals surface area contributed by atoms with Crippen molar-refractivity contribution in [2.24, 2.45) is 5.73 Å². The van der Waals surface area contributed by atoms with Crippen LogP contribution in [0.4, 0.5) is 0 Å². The molecule has 3 heteroatoms. The zero-order valence-corrected chi connectivity index (χ0v) is 9.24. The van der Waals surface area contributed by atoms with Crippen LogP contribution < -0.4 is 10.5 Å². The number of methoxy groups -OCH3 is 1. The molecular formula is C11H18N2O. The summed E-state index contributed by atoms with van der Waals surface area (Å²) in [4.78, 5) is 1.97. The lowest BCUT2D eigenvalue weighted by Gasteiger charge is -2.20. The summed E-state index contributed by atoms with van der Waals surface area (Å²) in [5.74, 6) is 0.903. The van der Waals surface area contributed by atoms with Crippen LogP contribution in [0.1, 0.15) is 17.3 Å². The van der Waals surface area contributed by atoms with Crippen LogP contribution in [0.5, 0.6) is 5.75 Å². The van der Waals surface area contributed by atoms with Gasteiger partial charge in [-0.05, 0) is 44.3 Å². The van der Waals surface area contributed by atoms with Gasteiger partial charge in [0.05, 0.1) is 13.3 Å². The molecule has 0 spiro atoms. The van der Waals surface area contributed by atoms with Gasteiger partial charge in [-0.25, -0.2) is 0 Å². The Morgan fingerprint density at radius 2 is 2.00 bits per heavy atom. The minimum Gasteiger partial charge on any atom is -0.496 e. The van der Waals surface area contributed by atoms with Crippen LogP contribution in [-0.4, -0.2) is 26.1 Å². The largest absolute Gasteiger partial charge is 0.496 e. The van der Waals surface area contributed by atoms with Crippen molar-refractivity contribution in [2.75, 3.05) is 21.2 Å². The Bertz CT molecular complexity index is 310. The first kappa shape index (κ1) is 11.0. The fourth-order valence-electron chi connectivity index (χ4n) is 1.38. The second-order valence-corrected chi connectivity index (χ2v) is 3.64. The maximum absolute atomic E-state index is 5.98. The van der Waals surface area contributed by atoms with E-state index in [1.807, 2.05) is 38.1 Å². The Labute approximate surface area is 85.5 Å². The third-order valence-electron chi connectivity index (χ3n) is 2.32. The number of nitrogens with zero attached hydrogens (tertiary/aromatic N) is 1. The molecule has 0 saturated carbocycles. The van der Waals surface area contributed by atoms with Gasteiger partial charge < -0.3 is 10.5 Å². The summed E-state index contributed by atoms with van der Waals surface area (Å²) in [7, 11) is 5.60. The van der Waals surface area contributed by atoms with E-state index >= 15 is 0 Å². The second-order valence-electron chi connectivity index (χ2n) is 3.64. The first-order valence-corrected chi connectivity index (χ1v) is 4.63. The van der Waals surface area contributed by atoms with Gasteiger partial charge in [-0.1, -0.05) is 6.07 Å². The Hall–Kier alpha value is -1.06. The molecule has 14 heavy (non-hydrogen) atoms. The Morgan fingerprint density at radius 1 is 1.36 bits per heavy atom. The van der Waals surface area contributed by atoms with Gasteiger partial charge in [0.15, 0.2) is 0 Å². The van der Waals surface area contributed by atoms with Crippen molar-refractivity contribution in [3.63, 3.8) is 0 Å². The van der Waals surface area contributed by atoms with Gasteiger partial charge in [0.25, 0.3) is 0 Å². The molecule has 0 heterocycles. The topological polar surface area (TPSA) is 38.5 Å². The number of hydrogen-bond acceptors (Lipinski definition) is 3. The van der Waals surface area contributed by atoms with E-state index in [1.165, 1.54) is 0 Å². The predicted octanol–water partition coefficient (Wildman–Crippen LogP) is 1.52. The number of aryl methyl sites for hydroxylation is 1. The van der Waals surface area contributed by atoms with E-state index in [0.29, 0.717) is 0 Å². The minimum atomic E-state index is -0.0559. The maximum Gasteiger partial charge on any atom is 0.121 e. The molecule has 1 aromatic rings. The highest BCUT2D eigenvalue weighted by atomic mass is 16.5. The molecule has 3 nitrogen and oxygen atoms in total. The fourth-order valence-corrected chi connectivity index (χ4v) is 1.38. The highest BCUT2D eigenvalue weighted by molar-refractivity contribution is 5.37. The van der Waals surface area contributed by atoms with Crippen LogP contribution in [0.2, 0.25) is 0 Å². The van der Waals surface area contributed by atoms with Gasteiger partial charge in [-0.15, -0.1) is 0 Å². The molecule has 0 fully saturated rings. The van der Waals surface area contributed by atoms with E-state index in [4.69, 9.17) is 10.5 Å². The van der Waals surface area contributed by atoms with Crippen molar-refractivity contribution >= 4 is 0 Å². The Balaban J connectivity index is 2.96. The molecule has 0 radical (unpaired) electrons. The average Bonchev–Trinajstić information content (AvgIpc) is 2.16. The smallest absolute Gasteiger partial charge is 0.121 e. The van der Waals surface area contributed by atoms with Gasteiger partial charge in [-0.3, -0.25) is 4.90 Å². The predicted molar refractivity (Wildman–Crippen MR) is 58.3 cm³/mol. The number of hydrogen-bond donors (Lipinski definition) is 1. The van der Waals surface area contributed by atoms with Crippen LogP contribution >= 0.6 is 0 Å². The first-order chi connectivity index (χ1) is 6.56. The molecule has 0 aliphatic carbocycles. The van der Waals surface area contributed by atoms with Crippen LogP contribution in [0, 0.1) is 6.92 Å². The van der Waals surface area contributed by atoms with Crippen molar-refractivity contribution in [3.05, 3.63) is 29.3 Å². The molecule has 0 saturated heterocycles. The van der Waals surface area contributed by atoms with Crippen LogP contribution in [0.25, 0.3) is 0 Å². The van der Waals surface area contributed by atoms with Gasteiger partial charge in [0.2, 0.25) is 0 Å². The summed E-state index contributed by atoms with van der Waals surface area (Å²) in [6.07, 6.45) is -0.0559. The molecule has 1 rings (SSSR count). The summed E-state index contributed by atoms with van der Waals surface area (Å²) < 4.78 is 5.19. The SMILES string of the molecule is COc1ccc(C(N)N(C)C)cc1C. The summed E-state index contributed by atoms with van der Waals surface area (Å²) >= 11 is 0. The van der Waals surface area contributed by atoms with E-state index in [0.717, 1.165) is 16.9 Å². The highest BCUT2D eigenvalue weighted by Crippen LogP contribution is 2.22. The molecule has 0 bridgehead atoms. The number of ether oxygens (including phenoxy) is 1. The van der Waals surface area contributed by atoms with E-state index in [-0.39, 0.29) is 6.17 Å². The van der Waals surface area contributed by atoms with Crippen LogP contribution in [-0.2, 0) is 0 Å². The molecule has 0 aromatic heterocycles. The lowest BCUT2D eigenvalue weighted by atomic mass is 10.1. The molecule has 0 amide bonds. The van der Waals surface area contributed by atoms with E-state index in [2.05, 4.69) is 6.07 Å².